The zero-order valence-electron chi connectivity index (χ0n) is 45.8. The van der Waals surface area contributed by atoms with Crippen molar-refractivity contribution in [1.82, 2.24) is 4.57 Å². The van der Waals surface area contributed by atoms with Crippen LogP contribution in [0.2, 0.25) is 0 Å². The smallest absolute Gasteiger partial charge is 0.252 e. The summed E-state index contributed by atoms with van der Waals surface area (Å²) in [5.74, 6) is 0. The fraction of sp³-hybridized carbons (Fsp3) is 0.0625. The lowest BCUT2D eigenvalue weighted by atomic mass is 9.33. The number of rotatable bonds is 6. The Morgan fingerprint density at radius 1 is 0.382 bits per heavy atom. The molecule has 2 aliphatic heterocycles. The summed E-state index contributed by atoms with van der Waals surface area (Å²) in [6.07, 6.45) is 0. The van der Waals surface area contributed by atoms with Crippen LogP contribution >= 0.6 is 0 Å². The fourth-order valence-electron chi connectivity index (χ4n) is 10.5. The minimum Gasteiger partial charge on any atom is -0.311 e. The van der Waals surface area contributed by atoms with E-state index in [9.17, 15) is 5.48 Å². The van der Waals surface area contributed by atoms with Crippen LogP contribution < -0.4 is 26.2 Å². The number of para-hydroxylation sites is 2. The average molecular weight is 878 g/mol. The van der Waals surface area contributed by atoms with Crippen molar-refractivity contribution in [1.29, 1.82) is 0 Å². The Bertz CT molecular complexity index is 4100. The van der Waals surface area contributed by atoms with Gasteiger partial charge >= 0.3 is 0 Å². The normalized spacial score (nSPS) is 14.5. The van der Waals surface area contributed by atoms with Gasteiger partial charge in [-0.2, -0.15) is 0 Å². The third-order valence-electron chi connectivity index (χ3n) is 13.8. The quantitative estimate of drug-likeness (QED) is 0.154. The molecular weight excluding hydrogens is 822 g/mol. The van der Waals surface area contributed by atoms with E-state index in [0.717, 1.165) is 89.5 Å². The first-order valence-electron chi connectivity index (χ1n) is 27.1. The van der Waals surface area contributed by atoms with E-state index in [0.29, 0.717) is 5.69 Å². The lowest BCUT2D eigenvalue weighted by Crippen LogP contribution is -2.61. The van der Waals surface area contributed by atoms with Crippen LogP contribution in [0.25, 0.3) is 60.9 Å². The summed E-state index contributed by atoms with van der Waals surface area (Å²) >= 11 is 0. The summed E-state index contributed by atoms with van der Waals surface area (Å²) in [5, 5.41) is 0.0763. The first-order chi connectivity index (χ1) is 36.7. The topological polar surface area (TPSA) is 11.4 Å². The van der Waals surface area contributed by atoms with Crippen LogP contribution in [-0.4, -0.2) is 11.3 Å². The number of aromatic nitrogens is 1. The highest BCUT2D eigenvalue weighted by atomic mass is 15.2. The molecule has 68 heavy (non-hydrogen) atoms. The van der Waals surface area contributed by atoms with Gasteiger partial charge in [0, 0.05) is 50.6 Å². The van der Waals surface area contributed by atoms with E-state index >= 15 is 0 Å². The molecule has 0 bridgehead atoms. The van der Waals surface area contributed by atoms with Crippen molar-refractivity contribution in [2.24, 2.45) is 0 Å². The Labute approximate surface area is 410 Å². The van der Waals surface area contributed by atoms with Gasteiger partial charge in [0.15, 0.2) is 0 Å². The molecule has 0 saturated carbocycles. The van der Waals surface area contributed by atoms with Crippen molar-refractivity contribution in [2.45, 2.75) is 26.2 Å². The molecule has 3 heterocycles. The highest BCUT2D eigenvalue weighted by Crippen LogP contribution is 2.48. The van der Waals surface area contributed by atoms with Crippen molar-refractivity contribution in [3.63, 3.8) is 0 Å². The Hall–Kier alpha value is -8.34. The standard InChI is InChI=1S/C64H48BN3/c1-64(2,3)49-40-61-63-62(41-49)67(51-34-29-47(30-35-51)44-19-9-5-10-20-44)60-42-52(68-57-25-15-13-23-53(57)54-24-14-16-26-58(54)68)36-38-56(60)65(63)55-37-31-48(45-21-11-6-12-22-45)39-59(55)66(61)50-32-27-46(28-33-50)43-17-7-4-8-18-43/h4-42H,1-3H3/i13D,14D,15D,16D,23D,24D,25D,26D. The number of nitrogens with zero attached hydrogens (tertiary/aromatic N) is 3. The fourth-order valence-corrected chi connectivity index (χ4v) is 10.5. The van der Waals surface area contributed by atoms with Crippen LogP contribution in [0.15, 0.2) is 236 Å². The summed E-state index contributed by atoms with van der Waals surface area (Å²) in [6, 6.07) is 62.8. The molecule has 0 amide bonds. The largest absolute Gasteiger partial charge is 0.311 e. The molecule has 1 aromatic heterocycles. The summed E-state index contributed by atoms with van der Waals surface area (Å²) in [5.41, 5.74) is 17.0. The second kappa shape index (κ2) is 15.6. The monoisotopic (exact) mass is 877 g/mol. The lowest BCUT2D eigenvalue weighted by Gasteiger charge is -2.45. The first kappa shape index (κ1) is 32.4. The molecule has 11 aromatic rings. The lowest BCUT2D eigenvalue weighted by molar-refractivity contribution is 0.590. The summed E-state index contributed by atoms with van der Waals surface area (Å²) in [4.78, 5) is 4.73. The van der Waals surface area contributed by atoms with Crippen molar-refractivity contribution in [2.75, 3.05) is 9.80 Å². The highest BCUT2D eigenvalue weighted by molar-refractivity contribution is 7.00. The van der Waals surface area contributed by atoms with Gasteiger partial charge in [0.2, 0.25) is 0 Å². The molecule has 322 valence electrons. The molecule has 4 heteroatoms. The van der Waals surface area contributed by atoms with Crippen LogP contribution in [0.4, 0.5) is 34.1 Å². The molecule has 10 aromatic carbocycles. The van der Waals surface area contributed by atoms with Gasteiger partial charge < -0.3 is 14.4 Å². The third kappa shape index (κ3) is 6.43. The van der Waals surface area contributed by atoms with E-state index in [1.165, 1.54) is 0 Å². The van der Waals surface area contributed by atoms with Crippen molar-refractivity contribution in [3.8, 4) is 39.1 Å². The zero-order valence-corrected chi connectivity index (χ0v) is 37.8. The van der Waals surface area contributed by atoms with Crippen molar-refractivity contribution in [3.05, 3.63) is 242 Å². The Morgan fingerprint density at radius 3 is 1.26 bits per heavy atom. The van der Waals surface area contributed by atoms with Gasteiger partial charge in [-0.3, -0.25) is 0 Å². The van der Waals surface area contributed by atoms with Gasteiger partial charge in [0.1, 0.15) is 0 Å². The second-order valence-electron chi connectivity index (χ2n) is 18.8. The van der Waals surface area contributed by atoms with E-state index in [4.69, 9.17) is 5.48 Å². The number of benzene rings is 10. The van der Waals surface area contributed by atoms with E-state index in [2.05, 4.69) is 176 Å². The summed E-state index contributed by atoms with van der Waals surface area (Å²) in [7, 11) is 0. The Kier molecular flexibility index (Phi) is 7.44. The molecule has 0 radical (unpaired) electrons. The van der Waals surface area contributed by atoms with Gasteiger partial charge in [0.05, 0.1) is 22.0 Å². The van der Waals surface area contributed by atoms with E-state index in [-0.39, 0.29) is 58.1 Å². The number of anilines is 6. The number of fused-ring (bicyclic) bond motifs is 7. The molecule has 0 saturated heterocycles. The zero-order chi connectivity index (χ0) is 52.5. The first-order valence-corrected chi connectivity index (χ1v) is 23.1. The molecule has 0 fully saturated rings. The maximum Gasteiger partial charge on any atom is 0.252 e. The summed E-state index contributed by atoms with van der Waals surface area (Å²) < 4.78 is 73.9. The number of hydrogen-bond acceptors (Lipinski definition) is 2. The molecule has 13 rings (SSSR count). The van der Waals surface area contributed by atoms with Crippen LogP contribution in [0.3, 0.4) is 0 Å². The molecular formula is C64H48BN3. The Balaban J connectivity index is 1.13. The highest BCUT2D eigenvalue weighted by Gasteiger charge is 2.44. The van der Waals surface area contributed by atoms with E-state index in [1.807, 2.05) is 42.5 Å². The van der Waals surface area contributed by atoms with Crippen molar-refractivity contribution < 1.29 is 11.0 Å². The third-order valence-corrected chi connectivity index (χ3v) is 13.8. The van der Waals surface area contributed by atoms with Crippen LogP contribution in [0.1, 0.15) is 37.3 Å². The molecule has 0 aliphatic carbocycles. The minimum atomic E-state index is -0.478. The van der Waals surface area contributed by atoms with E-state index in [1.54, 1.807) is 4.57 Å². The van der Waals surface area contributed by atoms with Gasteiger partial charge in [-0.15, -0.1) is 0 Å². The number of hydrogen-bond donors (Lipinski definition) is 0. The summed E-state index contributed by atoms with van der Waals surface area (Å²) in [6.45, 7) is 6.42. The van der Waals surface area contributed by atoms with Crippen molar-refractivity contribution >= 4 is 79.0 Å². The van der Waals surface area contributed by atoms with Crippen LogP contribution in [0.5, 0.6) is 0 Å². The SMILES string of the molecule is [2H]c1c([2H])c([2H])c2c(c1[2H])c1c([2H])c([2H])c([2H])c([2H])c1n2-c1ccc2c(c1)N(c1ccc(-c3ccccc3)cc1)c1cc(C(C)(C)C)cc3c1B2c1ccc(-c2ccccc2)cc1N3c1ccc(-c2ccccc2)cc1. The molecule has 0 unspecified atom stereocenters. The predicted molar refractivity (Wildman–Crippen MR) is 290 cm³/mol. The Morgan fingerprint density at radius 2 is 0.779 bits per heavy atom. The maximum absolute atomic E-state index is 9.38. The van der Waals surface area contributed by atoms with Gasteiger partial charge in [-0.1, -0.05) is 190 Å². The van der Waals surface area contributed by atoms with Gasteiger partial charge in [0.25, 0.3) is 6.71 Å². The minimum absolute atomic E-state index is 0.0382. The molecule has 3 nitrogen and oxygen atoms in total. The molecule has 0 spiro atoms. The maximum atomic E-state index is 9.38. The second-order valence-corrected chi connectivity index (χ2v) is 18.8. The average Bonchev–Trinajstić information content (AvgIpc) is 3.90. The van der Waals surface area contributed by atoms with Crippen LogP contribution in [0, 0.1) is 0 Å². The van der Waals surface area contributed by atoms with E-state index < -0.39 is 24.2 Å². The molecule has 2 aliphatic rings. The van der Waals surface area contributed by atoms with Gasteiger partial charge in [-0.25, -0.2) is 0 Å². The molecule has 0 N–H and O–H groups in total. The van der Waals surface area contributed by atoms with Gasteiger partial charge in [-0.05, 0) is 127 Å². The predicted octanol–water partition coefficient (Wildman–Crippen LogP) is 15.2. The van der Waals surface area contributed by atoms with Crippen LogP contribution in [-0.2, 0) is 5.41 Å². The molecule has 0 atom stereocenters.